The monoisotopic (exact) mass is 560 g/mol. The third-order valence-corrected chi connectivity index (χ3v) is 7.14. The number of unbranched alkanes of at least 4 members (excludes halogenated alkanes) is 1. The van der Waals surface area contributed by atoms with Crippen LogP contribution in [0.5, 0.6) is 0 Å². The summed E-state index contributed by atoms with van der Waals surface area (Å²) in [7, 11) is 0. The van der Waals surface area contributed by atoms with E-state index in [2.05, 4.69) is 5.32 Å². The minimum absolute atomic E-state index is 0.0787. The Morgan fingerprint density at radius 3 is 2.58 bits per heavy atom. The first-order valence-electron chi connectivity index (χ1n) is 13.1. The van der Waals surface area contributed by atoms with Crippen molar-refractivity contribution in [1.29, 1.82) is 0 Å². The van der Waals surface area contributed by atoms with Gasteiger partial charge in [-0.25, -0.2) is 4.90 Å². The fraction of sp³-hybridized carbons (Fsp3) is 0.258. The molecule has 0 saturated carbocycles. The maximum atomic E-state index is 13.3. The van der Waals surface area contributed by atoms with E-state index in [-0.39, 0.29) is 23.8 Å². The smallest absolute Gasteiger partial charge is 0.290 e. The summed E-state index contributed by atoms with van der Waals surface area (Å²) in [6.07, 6.45) is 3.05. The summed E-state index contributed by atoms with van der Waals surface area (Å²) in [6.45, 7) is 2.26. The molecule has 0 aliphatic carbocycles. The van der Waals surface area contributed by atoms with Crippen LogP contribution in [-0.2, 0) is 14.3 Å². The fourth-order valence-electron chi connectivity index (χ4n) is 4.89. The number of carbonyl (C=O) groups excluding carboxylic acids is 3. The van der Waals surface area contributed by atoms with Gasteiger partial charge in [-0.3, -0.25) is 14.4 Å². The molecular weight excluding hydrogens is 532 g/mol. The number of anilines is 2. The fourth-order valence-corrected chi connectivity index (χ4v) is 5.06. The molecule has 3 aromatic carbocycles. The Kier molecular flexibility index (Phi) is 8.30. The van der Waals surface area contributed by atoms with E-state index in [1.54, 1.807) is 43.3 Å². The van der Waals surface area contributed by atoms with Crippen LogP contribution in [0.1, 0.15) is 57.0 Å². The lowest BCUT2D eigenvalue weighted by molar-refractivity contribution is -0.143. The van der Waals surface area contributed by atoms with Crippen LogP contribution >= 0.6 is 11.6 Å². The number of carbonyl (C=O) groups is 3. The quantitative estimate of drug-likeness (QED) is 0.261. The molecular formula is C31H29ClN2O6. The maximum Gasteiger partial charge on any atom is 0.290 e. The Morgan fingerprint density at radius 2 is 1.82 bits per heavy atom. The van der Waals surface area contributed by atoms with Gasteiger partial charge >= 0.3 is 0 Å². The van der Waals surface area contributed by atoms with Crippen molar-refractivity contribution >= 4 is 40.7 Å². The number of nitrogens with one attached hydrogen (secondary N) is 1. The highest BCUT2D eigenvalue weighted by Crippen LogP contribution is 2.34. The highest BCUT2D eigenvalue weighted by molar-refractivity contribution is 6.37. The van der Waals surface area contributed by atoms with E-state index in [0.717, 1.165) is 10.5 Å². The number of fused-ring (bicyclic) bond motifs is 1. The lowest BCUT2D eigenvalue weighted by Gasteiger charge is -2.29. The summed E-state index contributed by atoms with van der Waals surface area (Å²) in [5, 5.41) is 12.3. The summed E-state index contributed by atoms with van der Waals surface area (Å²) in [5.41, 5.74) is 3.14. The molecule has 40 heavy (non-hydrogen) atoms. The number of hydrogen-bond donors (Lipinski definition) is 2. The predicted octanol–water partition coefficient (Wildman–Crippen LogP) is 5.59. The average molecular weight is 561 g/mol. The Labute approximate surface area is 237 Å². The molecule has 8 nitrogen and oxygen atoms in total. The lowest BCUT2D eigenvalue weighted by atomic mass is 9.93. The molecule has 2 aliphatic heterocycles. The maximum absolute atomic E-state index is 13.3. The number of aliphatic hydroxyl groups excluding tert-OH is 1. The number of imide groups is 1. The number of amides is 3. The Hall–Kier alpha value is -3.98. The number of rotatable bonds is 9. The van der Waals surface area contributed by atoms with Crippen molar-refractivity contribution in [3.05, 3.63) is 106 Å². The Bertz CT molecular complexity index is 1470. The van der Waals surface area contributed by atoms with Crippen LogP contribution in [0.2, 0.25) is 5.02 Å². The molecule has 0 aromatic heterocycles. The highest BCUT2D eigenvalue weighted by Gasteiger charge is 2.37. The van der Waals surface area contributed by atoms with E-state index in [0.29, 0.717) is 53.4 Å². The zero-order valence-electron chi connectivity index (χ0n) is 21.9. The molecule has 2 atom stereocenters. The number of halogens is 1. The minimum Gasteiger partial charge on any atom is -0.459 e. The molecule has 0 saturated heterocycles. The topological polar surface area (TPSA) is 105 Å². The van der Waals surface area contributed by atoms with Gasteiger partial charge in [0.15, 0.2) is 5.76 Å². The molecule has 5 rings (SSSR count). The number of aryl methyl sites for hydroxylation is 1. The van der Waals surface area contributed by atoms with Gasteiger partial charge in [0.25, 0.3) is 17.7 Å². The molecule has 3 amide bonds. The summed E-state index contributed by atoms with van der Waals surface area (Å²) < 4.78 is 11.8. The third kappa shape index (κ3) is 5.79. The van der Waals surface area contributed by atoms with E-state index >= 15 is 0 Å². The van der Waals surface area contributed by atoms with Crippen molar-refractivity contribution in [1.82, 2.24) is 0 Å². The van der Waals surface area contributed by atoms with Gasteiger partial charge in [-0.1, -0.05) is 41.9 Å². The average Bonchev–Trinajstić information content (AvgIpc) is 3.20. The van der Waals surface area contributed by atoms with Crippen molar-refractivity contribution in [2.24, 2.45) is 0 Å². The first-order valence-corrected chi connectivity index (χ1v) is 13.5. The predicted molar refractivity (Wildman–Crippen MR) is 151 cm³/mol. The number of aliphatic hydroxyl groups is 1. The Balaban J connectivity index is 1.33. The molecule has 0 radical (unpaired) electrons. The Morgan fingerprint density at radius 1 is 1.05 bits per heavy atom. The minimum atomic E-state index is -0.610. The molecule has 0 fully saturated rings. The summed E-state index contributed by atoms with van der Waals surface area (Å²) in [6, 6.07) is 19.4. The number of nitrogens with zero attached hydrogens (tertiary/aromatic N) is 1. The van der Waals surface area contributed by atoms with Crippen LogP contribution in [-0.4, -0.2) is 42.3 Å². The van der Waals surface area contributed by atoms with Crippen LogP contribution in [0.4, 0.5) is 11.4 Å². The molecule has 2 N–H and O–H groups in total. The van der Waals surface area contributed by atoms with E-state index in [1.807, 2.05) is 30.3 Å². The van der Waals surface area contributed by atoms with Crippen LogP contribution in [0.3, 0.4) is 0 Å². The first kappa shape index (κ1) is 27.6. The number of ether oxygens (including phenoxy) is 2. The molecule has 0 unspecified atom stereocenters. The van der Waals surface area contributed by atoms with Crippen molar-refractivity contribution in [3.8, 4) is 0 Å². The number of hydrogen-bond acceptors (Lipinski definition) is 6. The SMILES string of the molecule is Cc1cc(NC(=O)C2=C[C@@H](c3ccccc3)C[C@@H](OCCCCO)O2)ccc1N1C(=O)c2ccc(Cl)cc2C1=O. The highest BCUT2D eigenvalue weighted by atomic mass is 35.5. The van der Waals surface area contributed by atoms with Crippen molar-refractivity contribution < 1.29 is 29.0 Å². The van der Waals surface area contributed by atoms with Gasteiger partial charge in [0.1, 0.15) is 0 Å². The number of allylic oxidation sites excluding steroid dienone is 1. The zero-order valence-corrected chi connectivity index (χ0v) is 22.7. The van der Waals surface area contributed by atoms with Gasteiger partial charge in [-0.05, 0) is 73.4 Å². The van der Waals surface area contributed by atoms with Crippen LogP contribution in [0.15, 0.2) is 78.6 Å². The molecule has 206 valence electrons. The molecule has 2 aliphatic rings. The van der Waals surface area contributed by atoms with Gasteiger partial charge in [0.2, 0.25) is 6.29 Å². The van der Waals surface area contributed by atoms with Crippen LogP contribution in [0, 0.1) is 6.92 Å². The standard InChI is InChI=1S/C31H29ClN2O6/c1-19-15-23(10-12-26(19)34-30(37)24-11-9-22(32)18-25(24)31(34)38)33-29(36)27-16-21(20-7-3-2-4-8-20)17-28(40-27)39-14-6-5-13-35/h2-4,7-12,15-16,18,21,28,35H,5-6,13-14,17H2,1H3,(H,33,36)/t21-,28+/m1/s1. The summed E-state index contributed by atoms with van der Waals surface area (Å²) in [4.78, 5) is 40.4. The van der Waals surface area contributed by atoms with Crippen LogP contribution < -0.4 is 10.2 Å². The van der Waals surface area contributed by atoms with Crippen molar-refractivity contribution in [2.45, 2.75) is 38.4 Å². The van der Waals surface area contributed by atoms with Crippen molar-refractivity contribution in [2.75, 3.05) is 23.4 Å². The van der Waals surface area contributed by atoms with Gasteiger partial charge in [-0.15, -0.1) is 0 Å². The molecule has 3 aromatic rings. The van der Waals surface area contributed by atoms with E-state index in [9.17, 15) is 14.4 Å². The molecule has 0 bridgehead atoms. The second-order valence-corrected chi connectivity index (χ2v) is 10.2. The second kappa shape index (κ2) is 12.0. The summed E-state index contributed by atoms with van der Waals surface area (Å²) in [5.74, 6) is -1.24. The van der Waals surface area contributed by atoms with Gasteiger partial charge in [0.05, 0.1) is 23.4 Å². The van der Waals surface area contributed by atoms with Crippen molar-refractivity contribution in [3.63, 3.8) is 0 Å². The van der Waals surface area contributed by atoms with E-state index in [1.165, 1.54) is 6.07 Å². The second-order valence-electron chi connectivity index (χ2n) is 9.72. The van der Waals surface area contributed by atoms with Crippen LogP contribution in [0.25, 0.3) is 0 Å². The van der Waals surface area contributed by atoms with Gasteiger partial charge in [-0.2, -0.15) is 0 Å². The van der Waals surface area contributed by atoms with Gasteiger partial charge < -0.3 is 19.9 Å². The zero-order chi connectivity index (χ0) is 28.2. The first-order chi connectivity index (χ1) is 19.4. The molecule has 2 heterocycles. The van der Waals surface area contributed by atoms with E-state index in [4.69, 9.17) is 26.2 Å². The normalized spacial score (nSPS) is 18.3. The molecule has 9 heteroatoms. The largest absolute Gasteiger partial charge is 0.459 e. The van der Waals surface area contributed by atoms with E-state index < -0.39 is 24.0 Å². The third-order valence-electron chi connectivity index (χ3n) is 6.91. The molecule has 0 spiro atoms. The summed E-state index contributed by atoms with van der Waals surface area (Å²) >= 11 is 6.03. The lowest BCUT2D eigenvalue weighted by Crippen LogP contribution is -2.30. The number of benzene rings is 3. The van der Waals surface area contributed by atoms with Gasteiger partial charge in [0, 0.05) is 29.7 Å².